The van der Waals surface area contributed by atoms with Gasteiger partial charge >= 0.3 is 0 Å². The standard InChI is InChI=1S/C30H33F2N7/c1-37-9-7-21(8-10-37)23-15-25(30(36-19-23)24(16-33)17-34)22-5-6-29(35-18-22)39-13-11-38(12-14-39)20-26-27(31)3-2-4-28(26)32/h2-6,15-16,18-19,21H,7-14,20,33H2,1H3. The second-order valence-corrected chi connectivity index (χ2v) is 10.3. The van der Waals surface area contributed by atoms with Crippen molar-refractivity contribution < 1.29 is 8.78 Å². The lowest BCUT2D eigenvalue weighted by Gasteiger charge is -2.35. The van der Waals surface area contributed by atoms with Crippen molar-refractivity contribution in [1.82, 2.24) is 19.8 Å². The van der Waals surface area contributed by atoms with E-state index in [0.717, 1.165) is 42.9 Å². The molecule has 39 heavy (non-hydrogen) atoms. The van der Waals surface area contributed by atoms with Gasteiger partial charge in [0.05, 0.1) is 11.3 Å². The van der Waals surface area contributed by atoms with Crippen molar-refractivity contribution in [1.29, 1.82) is 5.26 Å². The van der Waals surface area contributed by atoms with E-state index in [4.69, 9.17) is 10.7 Å². The van der Waals surface area contributed by atoms with E-state index in [9.17, 15) is 14.0 Å². The average molecular weight is 530 g/mol. The van der Waals surface area contributed by atoms with Gasteiger partial charge in [0.2, 0.25) is 0 Å². The quantitative estimate of drug-likeness (QED) is 0.475. The summed E-state index contributed by atoms with van der Waals surface area (Å²) in [5, 5.41) is 9.65. The number of aromatic nitrogens is 2. The Morgan fingerprint density at radius 2 is 1.74 bits per heavy atom. The van der Waals surface area contributed by atoms with Crippen molar-refractivity contribution in [3.63, 3.8) is 0 Å². The summed E-state index contributed by atoms with van der Waals surface area (Å²) in [7, 11) is 2.14. The first kappa shape index (κ1) is 26.7. The molecule has 2 saturated heterocycles. The molecule has 1 aromatic carbocycles. The number of nitriles is 1. The zero-order valence-corrected chi connectivity index (χ0v) is 22.2. The Labute approximate surface area is 228 Å². The number of piperidine rings is 1. The second-order valence-electron chi connectivity index (χ2n) is 10.3. The molecule has 0 saturated carbocycles. The molecule has 4 heterocycles. The minimum absolute atomic E-state index is 0.114. The van der Waals surface area contributed by atoms with Gasteiger partial charge in [-0.15, -0.1) is 0 Å². The summed E-state index contributed by atoms with van der Waals surface area (Å²) in [4.78, 5) is 16.0. The molecule has 2 N–H and O–H groups in total. The van der Waals surface area contributed by atoms with Crippen LogP contribution in [0.4, 0.5) is 14.6 Å². The van der Waals surface area contributed by atoms with E-state index in [2.05, 4.69) is 38.9 Å². The van der Waals surface area contributed by atoms with Gasteiger partial charge in [0.15, 0.2) is 0 Å². The molecule has 0 aliphatic carbocycles. The van der Waals surface area contributed by atoms with Crippen molar-refractivity contribution >= 4 is 11.4 Å². The number of nitrogens with zero attached hydrogens (tertiary/aromatic N) is 6. The number of rotatable bonds is 6. The number of piperazine rings is 1. The Morgan fingerprint density at radius 1 is 1.03 bits per heavy atom. The molecular weight excluding hydrogens is 496 g/mol. The highest BCUT2D eigenvalue weighted by atomic mass is 19.1. The predicted octanol–water partition coefficient (Wildman–Crippen LogP) is 4.38. The molecule has 2 aliphatic heterocycles. The molecule has 0 spiro atoms. The van der Waals surface area contributed by atoms with Gasteiger partial charge in [-0.25, -0.2) is 13.8 Å². The predicted molar refractivity (Wildman–Crippen MR) is 149 cm³/mol. The Morgan fingerprint density at radius 3 is 2.36 bits per heavy atom. The van der Waals surface area contributed by atoms with Crippen molar-refractivity contribution in [3.05, 3.63) is 83.4 Å². The largest absolute Gasteiger partial charge is 0.403 e. The van der Waals surface area contributed by atoms with Crippen LogP contribution in [0, 0.1) is 23.0 Å². The Balaban J connectivity index is 1.32. The first-order chi connectivity index (χ1) is 19.0. The van der Waals surface area contributed by atoms with E-state index in [1.54, 1.807) is 0 Å². The van der Waals surface area contributed by atoms with Gasteiger partial charge in [-0.1, -0.05) is 6.07 Å². The Kier molecular flexibility index (Phi) is 8.15. The van der Waals surface area contributed by atoms with Crippen LogP contribution < -0.4 is 10.6 Å². The smallest absolute Gasteiger partial charge is 0.130 e. The van der Waals surface area contributed by atoms with Gasteiger partial charge in [0.1, 0.15) is 23.5 Å². The first-order valence-corrected chi connectivity index (χ1v) is 13.3. The fraction of sp³-hybridized carbons (Fsp3) is 0.367. The number of halogens is 2. The summed E-state index contributed by atoms with van der Waals surface area (Å²) in [6, 6.07) is 12.3. The van der Waals surface area contributed by atoms with Crippen molar-refractivity contribution in [2.45, 2.75) is 25.3 Å². The van der Waals surface area contributed by atoms with Crippen LogP contribution in [0.3, 0.4) is 0 Å². The minimum Gasteiger partial charge on any atom is -0.403 e. The van der Waals surface area contributed by atoms with E-state index in [-0.39, 0.29) is 12.1 Å². The minimum atomic E-state index is -0.507. The fourth-order valence-electron chi connectivity index (χ4n) is 5.42. The molecule has 2 aliphatic rings. The lowest BCUT2D eigenvalue weighted by atomic mass is 9.88. The van der Waals surface area contributed by atoms with E-state index < -0.39 is 11.6 Å². The van der Waals surface area contributed by atoms with Gasteiger partial charge in [0, 0.05) is 68.0 Å². The van der Waals surface area contributed by atoms with E-state index in [1.165, 1.54) is 30.0 Å². The third-order valence-electron chi connectivity index (χ3n) is 7.84. The van der Waals surface area contributed by atoms with Crippen molar-refractivity contribution in [2.75, 3.05) is 51.2 Å². The molecule has 7 nitrogen and oxygen atoms in total. The first-order valence-electron chi connectivity index (χ1n) is 13.3. The molecule has 202 valence electrons. The van der Waals surface area contributed by atoms with Gasteiger partial charge in [-0.05, 0) is 74.8 Å². The van der Waals surface area contributed by atoms with Crippen LogP contribution in [0.5, 0.6) is 0 Å². The van der Waals surface area contributed by atoms with Crippen LogP contribution in [0.1, 0.15) is 35.6 Å². The van der Waals surface area contributed by atoms with Crippen LogP contribution in [-0.2, 0) is 6.54 Å². The number of benzene rings is 1. The van der Waals surface area contributed by atoms with Gasteiger partial charge < -0.3 is 15.5 Å². The maximum absolute atomic E-state index is 14.1. The molecule has 0 atom stereocenters. The Hall–Kier alpha value is -3.87. The topological polar surface area (TPSA) is 85.3 Å². The summed E-state index contributed by atoms with van der Waals surface area (Å²) >= 11 is 0. The normalized spacial score (nSPS) is 17.8. The van der Waals surface area contributed by atoms with Crippen LogP contribution in [-0.4, -0.2) is 66.1 Å². The van der Waals surface area contributed by atoms with Crippen LogP contribution in [0.2, 0.25) is 0 Å². The third kappa shape index (κ3) is 5.92. The third-order valence-corrected chi connectivity index (χ3v) is 7.84. The molecule has 2 fully saturated rings. The molecule has 2 aromatic heterocycles. The van der Waals surface area contributed by atoms with Crippen LogP contribution in [0.15, 0.2) is 55.0 Å². The summed E-state index contributed by atoms with van der Waals surface area (Å²) in [5.74, 6) is 0.251. The number of allylic oxidation sites excluding steroid dienone is 1. The number of hydrogen-bond acceptors (Lipinski definition) is 7. The lowest BCUT2D eigenvalue weighted by molar-refractivity contribution is 0.242. The second kappa shape index (κ2) is 11.9. The monoisotopic (exact) mass is 529 g/mol. The molecule has 5 rings (SSSR count). The summed E-state index contributed by atoms with van der Waals surface area (Å²) in [6.07, 6.45) is 7.14. The highest BCUT2D eigenvalue weighted by molar-refractivity contribution is 5.85. The SMILES string of the molecule is CN1CCC(c2cnc(C(C#N)=CN)c(-c3ccc(N4CCN(Cc5c(F)cccc5F)CC4)nc3)c2)CC1. The molecular formula is C30H33F2N7. The van der Waals surface area contributed by atoms with E-state index in [1.807, 2.05) is 24.5 Å². The van der Waals surface area contributed by atoms with Crippen LogP contribution in [0.25, 0.3) is 16.7 Å². The van der Waals surface area contributed by atoms with Gasteiger partial charge in [-0.3, -0.25) is 9.88 Å². The molecule has 0 radical (unpaired) electrons. The fourth-order valence-corrected chi connectivity index (χ4v) is 5.42. The molecule has 0 unspecified atom stereocenters. The molecule has 9 heteroatoms. The van der Waals surface area contributed by atoms with Crippen LogP contribution >= 0.6 is 0 Å². The maximum atomic E-state index is 14.1. The summed E-state index contributed by atoms with van der Waals surface area (Å²) in [5.41, 5.74) is 9.65. The van der Waals surface area contributed by atoms with Crippen molar-refractivity contribution in [3.8, 4) is 17.2 Å². The highest BCUT2D eigenvalue weighted by Crippen LogP contribution is 2.34. The van der Waals surface area contributed by atoms with E-state index in [0.29, 0.717) is 43.4 Å². The molecule has 0 bridgehead atoms. The Bertz CT molecular complexity index is 1350. The number of anilines is 1. The number of hydrogen-bond donors (Lipinski definition) is 1. The molecule has 3 aromatic rings. The zero-order chi connectivity index (χ0) is 27.4. The molecule has 0 amide bonds. The summed E-state index contributed by atoms with van der Waals surface area (Å²) in [6.45, 7) is 5.11. The lowest BCUT2D eigenvalue weighted by Crippen LogP contribution is -2.46. The maximum Gasteiger partial charge on any atom is 0.130 e. The summed E-state index contributed by atoms with van der Waals surface area (Å²) < 4.78 is 28.1. The van der Waals surface area contributed by atoms with Crippen molar-refractivity contribution in [2.24, 2.45) is 5.73 Å². The van der Waals surface area contributed by atoms with Gasteiger partial charge in [-0.2, -0.15) is 5.26 Å². The average Bonchev–Trinajstić information content (AvgIpc) is 2.97. The number of nitrogens with two attached hydrogens (primary N) is 1. The van der Waals surface area contributed by atoms with Gasteiger partial charge in [0.25, 0.3) is 0 Å². The number of pyridine rings is 2. The van der Waals surface area contributed by atoms with E-state index >= 15 is 0 Å². The highest BCUT2D eigenvalue weighted by Gasteiger charge is 2.23. The zero-order valence-electron chi connectivity index (χ0n) is 22.2. The number of likely N-dealkylation sites (tertiary alicyclic amines) is 1.